The van der Waals surface area contributed by atoms with Crippen molar-refractivity contribution in [2.75, 3.05) is 31.6 Å². The maximum absolute atomic E-state index is 14.3. The van der Waals surface area contributed by atoms with Crippen molar-refractivity contribution in [3.8, 4) is 0 Å². The SMILES string of the molecule is CC1(C)CCc2ccc(CCCCO[C@@H]3CCN([C@H](C(=O)O)c4cc(F)ccc4[C@@H]4CCCCO4)C3)nc2N1. The molecule has 3 aliphatic rings. The Morgan fingerprint density at radius 3 is 2.92 bits per heavy atom. The molecule has 4 heterocycles. The Morgan fingerprint density at radius 2 is 2.13 bits per heavy atom. The molecule has 1 aromatic carbocycles. The summed E-state index contributed by atoms with van der Waals surface area (Å²) >= 11 is 0. The van der Waals surface area contributed by atoms with Gasteiger partial charge in [-0.05, 0) is 107 Å². The fourth-order valence-electron chi connectivity index (χ4n) is 6.14. The van der Waals surface area contributed by atoms with E-state index in [9.17, 15) is 14.3 Å². The summed E-state index contributed by atoms with van der Waals surface area (Å²) in [6.45, 7) is 6.83. The zero-order chi connectivity index (χ0) is 27.4. The number of benzene rings is 1. The smallest absolute Gasteiger partial charge is 0.325 e. The van der Waals surface area contributed by atoms with Crippen LogP contribution in [-0.2, 0) is 27.1 Å². The molecule has 39 heavy (non-hydrogen) atoms. The van der Waals surface area contributed by atoms with Gasteiger partial charge in [0, 0.05) is 37.5 Å². The maximum atomic E-state index is 14.3. The number of pyridine rings is 1. The fourth-order valence-corrected chi connectivity index (χ4v) is 6.14. The zero-order valence-corrected chi connectivity index (χ0v) is 23.3. The van der Waals surface area contributed by atoms with Gasteiger partial charge >= 0.3 is 5.97 Å². The van der Waals surface area contributed by atoms with Gasteiger partial charge in [-0.2, -0.15) is 0 Å². The van der Waals surface area contributed by atoms with E-state index in [0.717, 1.165) is 74.9 Å². The van der Waals surface area contributed by atoms with Gasteiger partial charge in [-0.1, -0.05) is 12.1 Å². The molecule has 0 saturated carbocycles. The van der Waals surface area contributed by atoms with Crippen LogP contribution >= 0.6 is 0 Å². The van der Waals surface area contributed by atoms with Crippen LogP contribution in [0.1, 0.15) is 93.3 Å². The van der Waals surface area contributed by atoms with E-state index in [1.165, 1.54) is 17.7 Å². The topological polar surface area (TPSA) is 83.9 Å². The van der Waals surface area contributed by atoms with E-state index in [-0.39, 0.29) is 17.7 Å². The Hall–Kier alpha value is -2.55. The molecule has 0 unspecified atom stereocenters. The number of likely N-dealkylation sites (tertiary alicyclic amines) is 1. The van der Waals surface area contributed by atoms with Crippen LogP contribution in [0.3, 0.4) is 0 Å². The van der Waals surface area contributed by atoms with Gasteiger partial charge in [0.25, 0.3) is 0 Å². The van der Waals surface area contributed by atoms with Crippen LogP contribution < -0.4 is 5.32 Å². The number of aromatic nitrogens is 1. The number of fused-ring (bicyclic) bond motifs is 1. The van der Waals surface area contributed by atoms with Crippen molar-refractivity contribution in [2.24, 2.45) is 0 Å². The van der Waals surface area contributed by atoms with E-state index in [2.05, 4.69) is 31.3 Å². The van der Waals surface area contributed by atoms with E-state index < -0.39 is 17.8 Å². The number of carboxylic acid groups (broad SMARTS) is 1. The minimum atomic E-state index is -0.964. The highest BCUT2D eigenvalue weighted by atomic mass is 19.1. The van der Waals surface area contributed by atoms with Gasteiger partial charge in [0.2, 0.25) is 0 Å². The summed E-state index contributed by atoms with van der Waals surface area (Å²) in [5.74, 6) is -0.361. The molecule has 1 aromatic heterocycles. The number of rotatable bonds is 10. The summed E-state index contributed by atoms with van der Waals surface area (Å²) in [7, 11) is 0. The van der Waals surface area contributed by atoms with Crippen LogP contribution in [-0.4, -0.2) is 58.9 Å². The lowest BCUT2D eigenvalue weighted by molar-refractivity contribution is -0.143. The Bertz CT molecular complexity index is 1150. The minimum Gasteiger partial charge on any atom is -0.480 e. The van der Waals surface area contributed by atoms with E-state index in [4.69, 9.17) is 14.5 Å². The van der Waals surface area contributed by atoms with Crippen molar-refractivity contribution in [1.82, 2.24) is 9.88 Å². The standard InChI is InChI=1S/C31H42FN3O4/c1-31(2)15-13-21-9-11-23(33-29(21)34-31)7-3-5-17-38-24-14-16-35(20-24)28(30(36)37)26-19-22(32)10-12-25(26)27-8-4-6-18-39-27/h9-12,19,24,27-28H,3-8,13-18,20H2,1-2H3,(H,33,34)(H,36,37)/t24-,27+,28+/m1/s1. The second-order valence-corrected chi connectivity index (χ2v) is 11.9. The molecule has 5 rings (SSSR count). The highest BCUT2D eigenvalue weighted by Gasteiger charge is 2.37. The molecule has 0 spiro atoms. The highest BCUT2D eigenvalue weighted by molar-refractivity contribution is 5.76. The number of hydrogen-bond acceptors (Lipinski definition) is 6. The molecule has 0 amide bonds. The van der Waals surface area contributed by atoms with Gasteiger partial charge in [0.15, 0.2) is 0 Å². The first-order chi connectivity index (χ1) is 18.8. The molecule has 8 heteroatoms. The van der Waals surface area contributed by atoms with Crippen molar-refractivity contribution in [3.05, 3.63) is 58.5 Å². The number of carbonyl (C=O) groups is 1. The average Bonchev–Trinajstić information content (AvgIpc) is 3.36. The number of aryl methyl sites for hydroxylation is 2. The largest absolute Gasteiger partial charge is 0.480 e. The summed E-state index contributed by atoms with van der Waals surface area (Å²) < 4.78 is 26.4. The van der Waals surface area contributed by atoms with Gasteiger partial charge in [0.05, 0.1) is 12.2 Å². The molecule has 0 bridgehead atoms. The van der Waals surface area contributed by atoms with Crippen LogP contribution in [0.5, 0.6) is 0 Å². The average molecular weight is 540 g/mol. The van der Waals surface area contributed by atoms with Crippen molar-refractivity contribution in [1.29, 1.82) is 0 Å². The second-order valence-electron chi connectivity index (χ2n) is 11.9. The third-order valence-corrected chi connectivity index (χ3v) is 8.34. The summed E-state index contributed by atoms with van der Waals surface area (Å²) in [5, 5.41) is 13.8. The van der Waals surface area contributed by atoms with E-state index >= 15 is 0 Å². The van der Waals surface area contributed by atoms with Crippen molar-refractivity contribution < 1.29 is 23.8 Å². The fraction of sp³-hybridized carbons (Fsp3) is 0.613. The number of nitrogens with zero attached hydrogens (tertiary/aromatic N) is 2. The maximum Gasteiger partial charge on any atom is 0.325 e. The highest BCUT2D eigenvalue weighted by Crippen LogP contribution is 2.37. The Balaban J connectivity index is 1.12. The molecule has 0 aliphatic carbocycles. The molecular weight excluding hydrogens is 497 g/mol. The van der Waals surface area contributed by atoms with Crippen molar-refractivity contribution in [2.45, 2.75) is 95.4 Å². The number of ether oxygens (including phenoxy) is 2. The lowest BCUT2D eigenvalue weighted by Crippen LogP contribution is -2.35. The first kappa shape index (κ1) is 28.0. The van der Waals surface area contributed by atoms with Gasteiger partial charge < -0.3 is 19.9 Å². The van der Waals surface area contributed by atoms with E-state index in [0.29, 0.717) is 31.9 Å². The predicted molar refractivity (Wildman–Crippen MR) is 148 cm³/mol. The molecule has 3 aliphatic heterocycles. The second kappa shape index (κ2) is 12.3. The van der Waals surface area contributed by atoms with Gasteiger partial charge in [0.1, 0.15) is 17.7 Å². The summed E-state index contributed by atoms with van der Waals surface area (Å²) in [4.78, 5) is 19.2. The quantitative estimate of drug-likeness (QED) is 0.367. The van der Waals surface area contributed by atoms with Crippen molar-refractivity contribution >= 4 is 11.8 Å². The summed E-state index contributed by atoms with van der Waals surface area (Å²) in [5.41, 5.74) is 3.78. The van der Waals surface area contributed by atoms with Crippen LogP contribution in [0.4, 0.5) is 10.2 Å². The molecule has 2 saturated heterocycles. The number of nitrogens with one attached hydrogen (secondary N) is 1. The Labute approximate surface area is 231 Å². The zero-order valence-electron chi connectivity index (χ0n) is 23.3. The van der Waals surface area contributed by atoms with Crippen LogP contribution in [0, 0.1) is 5.82 Å². The predicted octanol–water partition coefficient (Wildman–Crippen LogP) is 5.84. The van der Waals surface area contributed by atoms with Gasteiger partial charge in [-0.15, -0.1) is 0 Å². The molecule has 3 atom stereocenters. The van der Waals surface area contributed by atoms with Crippen LogP contribution in [0.15, 0.2) is 30.3 Å². The van der Waals surface area contributed by atoms with Gasteiger partial charge in [-0.3, -0.25) is 9.69 Å². The third kappa shape index (κ3) is 6.97. The molecule has 2 aromatic rings. The molecule has 2 N–H and O–H groups in total. The lowest BCUT2D eigenvalue weighted by atomic mass is 9.91. The van der Waals surface area contributed by atoms with E-state index in [1.54, 1.807) is 6.07 Å². The lowest BCUT2D eigenvalue weighted by Gasteiger charge is -2.33. The van der Waals surface area contributed by atoms with Crippen LogP contribution in [0.25, 0.3) is 0 Å². The normalized spacial score (nSPS) is 23.7. The number of halogens is 1. The van der Waals surface area contributed by atoms with Gasteiger partial charge in [-0.25, -0.2) is 9.37 Å². The molecule has 7 nitrogen and oxygen atoms in total. The van der Waals surface area contributed by atoms with E-state index in [1.807, 2.05) is 4.90 Å². The molecule has 212 valence electrons. The third-order valence-electron chi connectivity index (χ3n) is 8.34. The molecular formula is C31H42FN3O4. The first-order valence-electron chi connectivity index (χ1n) is 14.6. The van der Waals surface area contributed by atoms with Crippen LogP contribution in [0.2, 0.25) is 0 Å². The number of unbranched alkanes of at least 4 members (excludes halogenated alkanes) is 1. The first-order valence-corrected chi connectivity index (χ1v) is 14.6. The number of aliphatic carboxylic acids is 1. The Morgan fingerprint density at radius 1 is 1.26 bits per heavy atom. The molecule has 0 radical (unpaired) electrons. The summed E-state index contributed by atoms with van der Waals surface area (Å²) in [6.07, 6.45) is 8.39. The number of hydrogen-bond donors (Lipinski definition) is 2. The number of carboxylic acids is 1. The minimum absolute atomic E-state index is 0.0249. The summed E-state index contributed by atoms with van der Waals surface area (Å²) in [6, 6.07) is 7.92. The molecule has 2 fully saturated rings. The van der Waals surface area contributed by atoms with Crippen molar-refractivity contribution in [3.63, 3.8) is 0 Å². The monoisotopic (exact) mass is 539 g/mol. The Kier molecular flexibility index (Phi) is 8.84. The number of anilines is 1.